The molecule has 0 amide bonds. The van der Waals surface area contributed by atoms with Gasteiger partial charge in [0.25, 0.3) is 5.56 Å². The van der Waals surface area contributed by atoms with Crippen LogP contribution in [-0.4, -0.2) is 19.1 Å². The van der Waals surface area contributed by atoms with Crippen molar-refractivity contribution in [3.8, 4) is 0 Å². The summed E-state index contributed by atoms with van der Waals surface area (Å²) in [6.45, 7) is 2.35. The lowest BCUT2D eigenvalue weighted by Crippen LogP contribution is -2.29. The molecule has 148 valence electrons. The van der Waals surface area contributed by atoms with Crippen LogP contribution in [0, 0.1) is 0 Å². The van der Waals surface area contributed by atoms with E-state index in [1.807, 2.05) is 55.5 Å². The van der Waals surface area contributed by atoms with Crippen molar-refractivity contribution in [2.24, 2.45) is 7.05 Å². The van der Waals surface area contributed by atoms with Gasteiger partial charge in [-0.1, -0.05) is 60.1 Å². The van der Waals surface area contributed by atoms with Crippen LogP contribution < -0.4 is 16.6 Å². The number of imidazole rings is 1. The van der Waals surface area contributed by atoms with Crippen LogP contribution in [0.3, 0.4) is 0 Å². The number of fused-ring (bicyclic) bond motifs is 1. The predicted octanol–water partition coefficient (Wildman–Crippen LogP) is 3.30. The Kier molecular flexibility index (Phi) is 4.98. The summed E-state index contributed by atoms with van der Waals surface area (Å²) in [7, 11) is 1.58. The predicted molar refractivity (Wildman–Crippen MR) is 115 cm³/mol. The summed E-state index contributed by atoms with van der Waals surface area (Å²) in [6, 6.07) is 17.3. The molecule has 0 saturated carbocycles. The fourth-order valence-corrected chi connectivity index (χ4v) is 3.51. The highest BCUT2D eigenvalue weighted by Gasteiger charge is 2.19. The van der Waals surface area contributed by atoms with E-state index in [1.165, 1.54) is 4.57 Å². The number of hydrogen-bond acceptors (Lipinski definition) is 4. The Labute approximate surface area is 171 Å². The maximum absolute atomic E-state index is 12.6. The van der Waals surface area contributed by atoms with Gasteiger partial charge in [0, 0.05) is 12.1 Å². The van der Waals surface area contributed by atoms with E-state index in [1.54, 1.807) is 17.7 Å². The quantitative estimate of drug-likeness (QED) is 0.529. The van der Waals surface area contributed by atoms with E-state index in [-0.39, 0.29) is 6.04 Å². The molecule has 0 aliphatic heterocycles. The Hall–Kier alpha value is -3.32. The number of anilines is 1. The van der Waals surface area contributed by atoms with Crippen molar-refractivity contribution in [3.63, 3.8) is 0 Å². The minimum Gasteiger partial charge on any atom is -0.349 e. The van der Waals surface area contributed by atoms with Crippen molar-refractivity contribution in [1.29, 1.82) is 0 Å². The van der Waals surface area contributed by atoms with Gasteiger partial charge in [-0.2, -0.15) is 4.98 Å². The molecule has 2 heterocycles. The first-order valence-corrected chi connectivity index (χ1v) is 9.58. The van der Waals surface area contributed by atoms with Gasteiger partial charge in [-0.25, -0.2) is 4.79 Å². The molecule has 4 rings (SSSR count). The first-order valence-electron chi connectivity index (χ1n) is 9.20. The van der Waals surface area contributed by atoms with Gasteiger partial charge >= 0.3 is 5.69 Å². The van der Waals surface area contributed by atoms with Crippen LogP contribution in [0.25, 0.3) is 11.2 Å². The Morgan fingerprint density at radius 2 is 1.79 bits per heavy atom. The van der Waals surface area contributed by atoms with Crippen molar-refractivity contribution < 1.29 is 0 Å². The van der Waals surface area contributed by atoms with Crippen LogP contribution in [0.4, 0.5) is 5.95 Å². The second-order valence-electron chi connectivity index (χ2n) is 6.88. The third kappa shape index (κ3) is 3.56. The molecule has 7 nitrogen and oxygen atoms in total. The van der Waals surface area contributed by atoms with Gasteiger partial charge in [0.15, 0.2) is 11.2 Å². The third-order valence-corrected chi connectivity index (χ3v) is 5.31. The number of aromatic amines is 1. The second kappa shape index (κ2) is 7.60. The zero-order valence-corrected chi connectivity index (χ0v) is 16.8. The van der Waals surface area contributed by atoms with Crippen molar-refractivity contribution >= 4 is 28.7 Å². The number of hydrogen-bond donors (Lipinski definition) is 2. The summed E-state index contributed by atoms with van der Waals surface area (Å²) in [5.41, 5.74) is 1.56. The molecule has 0 saturated heterocycles. The molecule has 0 spiro atoms. The molecule has 0 aliphatic carbocycles. The van der Waals surface area contributed by atoms with Gasteiger partial charge in [-0.3, -0.25) is 18.9 Å². The lowest BCUT2D eigenvalue weighted by atomic mass is 10.1. The van der Waals surface area contributed by atoms with Gasteiger partial charge in [0.05, 0.1) is 12.6 Å². The molecule has 0 aliphatic rings. The van der Waals surface area contributed by atoms with E-state index in [0.717, 1.165) is 11.1 Å². The number of aryl methyl sites for hydroxylation is 1. The lowest BCUT2D eigenvalue weighted by Gasteiger charge is -2.17. The van der Waals surface area contributed by atoms with Crippen molar-refractivity contribution in [1.82, 2.24) is 19.1 Å². The number of nitrogens with zero attached hydrogens (tertiary/aromatic N) is 3. The average Bonchev–Trinajstić information content (AvgIpc) is 3.07. The van der Waals surface area contributed by atoms with E-state index >= 15 is 0 Å². The Morgan fingerprint density at radius 3 is 2.52 bits per heavy atom. The number of nitrogens with one attached hydrogen (secondary N) is 2. The van der Waals surface area contributed by atoms with Crippen LogP contribution in [0.2, 0.25) is 5.02 Å². The minimum absolute atomic E-state index is 0.0610. The standard InChI is InChI=1S/C21H20ClN5O2/c1-13(14-8-4-3-5-9-14)23-20-24-18-17(19(28)25-21(29)26(18)2)27(20)12-15-10-6-7-11-16(15)22/h3-11,13H,12H2,1-2H3,(H,23,24)(H,25,28,29)/t13-/m0/s1. The molecule has 4 aromatic rings. The number of H-pyrrole nitrogens is 1. The van der Waals surface area contributed by atoms with E-state index in [0.29, 0.717) is 28.7 Å². The first kappa shape index (κ1) is 19.0. The van der Waals surface area contributed by atoms with E-state index in [2.05, 4.69) is 15.3 Å². The average molecular weight is 410 g/mol. The van der Waals surface area contributed by atoms with E-state index < -0.39 is 11.2 Å². The van der Waals surface area contributed by atoms with Crippen molar-refractivity contribution in [2.75, 3.05) is 5.32 Å². The summed E-state index contributed by atoms with van der Waals surface area (Å²) in [5, 5.41) is 3.97. The molecule has 29 heavy (non-hydrogen) atoms. The summed E-state index contributed by atoms with van der Waals surface area (Å²) < 4.78 is 3.09. The maximum atomic E-state index is 12.6. The van der Waals surface area contributed by atoms with Crippen LogP contribution >= 0.6 is 11.6 Å². The van der Waals surface area contributed by atoms with Crippen LogP contribution in [-0.2, 0) is 13.6 Å². The monoisotopic (exact) mass is 409 g/mol. The van der Waals surface area contributed by atoms with Crippen LogP contribution in [0.1, 0.15) is 24.1 Å². The minimum atomic E-state index is -0.507. The molecule has 2 aromatic heterocycles. The van der Waals surface area contributed by atoms with E-state index in [4.69, 9.17) is 11.6 Å². The fraction of sp³-hybridized carbons (Fsp3) is 0.190. The fourth-order valence-electron chi connectivity index (χ4n) is 3.31. The van der Waals surface area contributed by atoms with Gasteiger partial charge in [-0.05, 0) is 24.1 Å². The molecule has 0 radical (unpaired) electrons. The summed E-state index contributed by atoms with van der Waals surface area (Å²) >= 11 is 6.35. The zero-order valence-electron chi connectivity index (χ0n) is 16.0. The normalized spacial score (nSPS) is 12.2. The molecule has 2 aromatic carbocycles. The smallest absolute Gasteiger partial charge is 0.329 e. The van der Waals surface area contributed by atoms with E-state index in [9.17, 15) is 9.59 Å². The van der Waals surface area contributed by atoms with Gasteiger partial charge in [0.1, 0.15) is 0 Å². The SMILES string of the molecule is C[C@H](Nc1nc2c(c(=O)[nH]c(=O)n2C)n1Cc1ccccc1Cl)c1ccccc1. The lowest BCUT2D eigenvalue weighted by molar-refractivity contribution is 0.782. The summed E-state index contributed by atoms with van der Waals surface area (Å²) in [5.74, 6) is 0.489. The topological polar surface area (TPSA) is 84.7 Å². The van der Waals surface area contributed by atoms with Crippen LogP contribution in [0.15, 0.2) is 64.2 Å². The van der Waals surface area contributed by atoms with Crippen molar-refractivity contribution in [3.05, 3.63) is 91.6 Å². The Morgan fingerprint density at radius 1 is 1.10 bits per heavy atom. The largest absolute Gasteiger partial charge is 0.349 e. The highest BCUT2D eigenvalue weighted by molar-refractivity contribution is 6.31. The molecule has 8 heteroatoms. The van der Waals surface area contributed by atoms with Crippen LogP contribution in [0.5, 0.6) is 0 Å². The summed E-state index contributed by atoms with van der Waals surface area (Å²) in [4.78, 5) is 31.6. The molecular formula is C21H20ClN5O2. The molecule has 0 unspecified atom stereocenters. The number of rotatable bonds is 5. The summed E-state index contributed by atoms with van der Waals surface area (Å²) in [6.07, 6.45) is 0. The molecular weight excluding hydrogens is 390 g/mol. The molecule has 0 fully saturated rings. The first-order chi connectivity index (χ1) is 14.0. The van der Waals surface area contributed by atoms with Gasteiger partial charge in [-0.15, -0.1) is 0 Å². The highest BCUT2D eigenvalue weighted by atomic mass is 35.5. The second-order valence-corrected chi connectivity index (χ2v) is 7.29. The van der Waals surface area contributed by atoms with Gasteiger partial charge in [0.2, 0.25) is 5.95 Å². The number of aromatic nitrogens is 4. The highest BCUT2D eigenvalue weighted by Crippen LogP contribution is 2.24. The maximum Gasteiger partial charge on any atom is 0.329 e. The molecule has 2 N–H and O–H groups in total. The van der Waals surface area contributed by atoms with Crippen molar-refractivity contribution in [2.45, 2.75) is 19.5 Å². The number of halogens is 1. The Bertz CT molecular complexity index is 1290. The third-order valence-electron chi connectivity index (χ3n) is 4.94. The molecule has 0 bridgehead atoms. The Balaban J connectivity index is 1.87. The molecule has 1 atom stereocenters. The van der Waals surface area contributed by atoms with Gasteiger partial charge < -0.3 is 5.32 Å². The zero-order chi connectivity index (χ0) is 20.5. The number of benzene rings is 2.